The molecule has 0 aromatic heterocycles. The molecule has 2 aliphatic heterocycles. The Morgan fingerprint density at radius 1 is 1.43 bits per heavy atom. The molecular weight excluding hydrogens is 268 g/mol. The van der Waals surface area contributed by atoms with E-state index in [4.69, 9.17) is 9.47 Å². The number of morpholine rings is 1. The third kappa shape index (κ3) is 2.76. The quantitative estimate of drug-likeness (QED) is 0.908. The molecule has 1 unspecified atom stereocenters. The number of rotatable bonds is 3. The molecule has 1 aromatic carbocycles. The Kier molecular flexibility index (Phi) is 4.12. The van der Waals surface area contributed by atoms with Crippen molar-refractivity contribution in [2.45, 2.75) is 24.9 Å². The Labute approximate surface area is 125 Å². The van der Waals surface area contributed by atoms with Crippen LogP contribution in [0.25, 0.3) is 0 Å². The van der Waals surface area contributed by atoms with Gasteiger partial charge in [-0.1, -0.05) is 18.2 Å². The lowest BCUT2D eigenvalue weighted by molar-refractivity contribution is -0.161. The van der Waals surface area contributed by atoms with Gasteiger partial charge in [0.1, 0.15) is 12.4 Å². The number of nitrogens with one attached hydrogen (secondary N) is 1. The fourth-order valence-electron chi connectivity index (χ4n) is 3.31. The number of benzene rings is 1. The van der Waals surface area contributed by atoms with Gasteiger partial charge in [0.15, 0.2) is 0 Å². The first-order valence-corrected chi connectivity index (χ1v) is 7.46. The molecule has 1 N–H and O–H groups in total. The van der Waals surface area contributed by atoms with Crippen LogP contribution >= 0.6 is 0 Å². The lowest BCUT2D eigenvalue weighted by Gasteiger charge is -2.49. The number of methoxy groups -OCH3 is 1. The van der Waals surface area contributed by atoms with Crippen molar-refractivity contribution in [2.75, 3.05) is 33.4 Å². The van der Waals surface area contributed by atoms with E-state index in [1.807, 2.05) is 29.2 Å². The molecule has 0 radical (unpaired) electrons. The fraction of sp³-hybridized carbons (Fsp3) is 0.562. The minimum atomic E-state index is -0.214. The molecule has 0 saturated carbocycles. The number of para-hydroxylation sites is 1. The lowest BCUT2D eigenvalue weighted by Crippen LogP contribution is -2.65. The summed E-state index contributed by atoms with van der Waals surface area (Å²) < 4.78 is 11.0. The highest BCUT2D eigenvalue weighted by molar-refractivity contribution is 5.79. The second-order valence-corrected chi connectivity index (χ2v) is 5.79. The zero-order valence-electron chi connectivity index (χ0n) is 12.4. The summed E-state index contributed by atoms with van der Waals surface area (Å²) in [6.07, 6.45) is 2.06. The molecule has 3 rings (SSSR count). The molecule has 1 amide bonds. The lowest BCUT2D eigenvalue weighted by atomic mass is 9.87. The molecule has 2 aliphatic rings. The zero-order valence-corrected chi connectivity index (χ0v) is 12.4. The summed E-state index contributed by atoms with van der Waals surface area (Å²) >= 11 is 0. The number of piperidine rings is 1. The van der Waals surface area contributed by atoms with Crippen LogP contribution in [0.3, 0.4) is 0 Å². The maximum absolute atomic E-state index is 12.4. The van der Waals surface area contributed by atoms with Crippen LogP contribution in [0.5, 0.6) is 5.75 Å². The van der Waals surface area contributed by atoms with Gasteiger partial charge in [-0.2, -0.15) is 0 Å². The first kappa shape index (κ1) is 14.4. The van der Waals surface area contributed by atoms with Crippen LogP contribution in [-0.4, -0.2) is 49.8 Å². The van der Waals surface area contributed by atoms with Crippen LogP contribution in [-0.2, 0) is 16.1 Å². The number of amides is 1. The van der Waals surface area contributed by atoms with Crippen molar-refractivity contribution in [3.8, 4) is 5.75 Å². The van der Waals surface area contributed by atoms with Crippen molar-refractivity contribution in [3.63, 3.8) is 0 Å². The van der Waals surface area contributed by atoms with Crippen LogP contribution in [0.15, 0.2) is 24.3 Å². The summed E-state index contributed by atoms with van der Waals surface area (Å²) in [6.45, 7) is 3.18. The highest BCUT2D eigenvalue weighted by Crippen LogP contribution is 2.31. The van der Waals surface area contributed by atoms with Gasteiger partial charge in [-0.25, -0.2) is 0 Å². The molecule has 1 aromatic rings. The van der Waals surface area contributed by atoms with Gasteiger partial charge in [-0.15, -0.1) is 0 Å². The Bertz CT molecular complexity index is 506. The number of ether oxygens (including phenoxy) is 2. The van der Waals surface area contributed by atoms with Crippen molar-refractivity contribution < 1.29 is 14.3 Å². The highest BCUT2D eigenvalue weighted by Gasteiger charge is 2.44. The highest BCUT2D eigenvalue weighted by atomic mass is 16.5. The molecule has 5 heteroatoms. The van der Waals surface area contributed by atoms with Gasteiger partial charge in [0.25, 0.3) is 0 Å². The van der Waals surface area contributed by atoms with E-state index in [2.05, 4.69) is 5.32 Å². The molecule has 2 saturated heterocycles. The molecule has 0 bridgehead atoms. The average molecular weight is 290 g/mol. The van der Waals surface area contributed by atoms with Crippen molar-refractivity contribution in [3.05, 3.63) is 29.8 Å². The van der Waals surface area contributed by atoms with E-state index in [-0.39, 0.29) is 18.1 Å². The van der Waals surface area contributed by atoms with Crippen molar-refractivity contribution in [1.29, 1.82) is 0 Å². The van der Waals surface area contributed by atoms with E-state index in [0.29, 0.717) is 13.2 Å². The van der Waals surface area contributed by atoms with Crippen LogP contribution in [0.2, 0.25) is 0 Å². The van der Waals surface area contributed by atoms with Crippen molar-refractivity contribution in [1.82, 2.24) is 10.2 Å². The Morgan fingerprint density at radius 3 is 3.05 bits per heavy atom. The van der Waals surface area contributed by atoms with E-state index in [1.54, 1.807) is 7.11 Å². The number of carbonyl (C=O) groups excluding carboxylic acids is 1. The molecule has 2 fully saturated rings. The minimum Gasteiger partial charge on any atom is -0.496 e. The second-order valence-electron chi connectivity index (χ2n) is 5.79. The van der Waals surface area contributed by atoms with Gasteiger partial charge in [0.2, 0.25) is 5.91 Å². The molecule has 1 atom stereocenters. The predicted octanol–water partition coefficient (Wildman–Crippen LogP) is 1.18. The smallest absolute Gasteiger partial charge is 0.249 e. The number of hydrogen-bond donors (Lipinski definition) is 1. The molecule has 0 aliphatic carbocycles. The van der Waals surface area contributed by atoms with Gasteiger partial charge >= 0.3 is 0 Å². The summed E-state index contributed by atoms with van der Waals surface area (Å²) in [7, 11) is 1.66. The molecule has 21 heavy (non-hydrogen) atoms. The van der Waals surface area contributed by atoms with Crippen LogP contribution in [0, 0.1) is 0 Å². The van der Waals surface area contributed by atoms with Crippen LogP contribution < -0.4 is 10.1 Å². The summed E-state index contributed by atoms with van der Waals surface area (Å²) in [5.74, 6) is 0.895. The molecule has 5 nitrogen and oxygen atoms in total. The van der Waals surface area contributed by atoms with E-state index in [0.717, 1.165) is 37.2 Å². The third-order valence-corrected chi connectivity index (χ3v) is 4.44. The van der Waals surface area contributed by atoms with Gasteiger partial charge in [-0.05, 0) is 25.5 Å². The Balaban J connectivity index is 1.87. The van der Waals surface area contributed by atoms with E-state index in [9.17, 15) is 4.79 Å². The minimum absolute atomic E-state index is 0.0656. The van der Waals surface area contributed by atoms with Gasteiger partial charge in [0.05, 0.1) is 25.8 Å². The first-order valence-electron chi connectivity index (χ1n) is 7.46. The van der Waals surface area contributed by atoms with Crippen LogP contribution in [0.1, 0.15) is 18.4 Å². The van der Waals surface area contributed by atoms with E-state index in [1.165, 1.54) is 0 Å². The predicted molar refractivity (Wildman–Crippen MR) is 79.2 cm³/mol. The summed E-state index contributed by atoms with van der Waals surface area (Å²) in [4.78, 5) is 14.4. The molecule has 1 spiro atoms. The summed E-state index contributed by atoms with van der Waals surface area (Å²) in [5, 5.41) is 3.41. The maximum Gasteiger partial charge on any atom is 0.249 e. The number of nitrogens with zero attached hydrogens (tertiary/aromatic N) is 1. The van der Waals surface area contributed by atoms with Gasteiger partial charge in [0, 0.05) is 12.1 Å². The Hall–Kier alpha value is -1.59. The maximum atomic E-state index is 12.4. The van der Waals surface area contributed by atoms with E-state index >= 15 is 0 Å². The molecular formula is C16H22N2O3. The topological polar surface area (TPSA) is 50.8 Å². The summed E-state index contributed by atoms with van der Waals surface area (Å²) in [6, 6.07) is 7.88. The fourth-order valence-corrected chi connectivity index (χ4v) is 3.31. The normalized spacial score (nSPS) is 26.1. The average Bonchev–Trinajstić information content (AvgIpc) is 2.52. The van der Waals surface area contributed by atoms with E-state index < -0.39 is 0 Å². The van der Waals surface area contributed by atoms with Gasteiger partial charge < -0.3 is 19.7 Å². The Morgan fingerprint density at radius 2 is 2.29 bits per heavy atom. The standard InChI is InChI=1S/C16H22N2O3/c1-20-14-6-3-2-5-13(14)9-18-15(19)10-21-12-16(18)7-4-8-17-11-16/h2-3,5-6,17H,4,7-12H2,1H3. The molecule has 2 heterocycles. The first-order chi connectivity index (χ1) is 10.2. The largest absolute Gasteiger partial charge is 0.496 e. The van der Waals surface area contributed by atoms with Crippen LogP contribution in [0.4, 0.5) is 0 Å². The summed E-state index contributed by atoms with van der Waals surface area (Å²) in [5.41, 5.74) is 0.828. The third-order valence-electron chi connectivity index (χ3n) is 4.44. The zero-order chi connectivity index (χ0) is 14.7. The van der Waals surface area contributed by atoms with Crippen molar-refractivity contribution in [2.24, 2.45) is 0 Å². The SMILES string of the molecule is COc1ccccc1CN1C(=O)COCC12CCCNC2. The second kappa shape index (κ2) is 6.03. The monoisotopic (exact) mass is 290 g/mol. The molecule has 114 valence electrons. The number of carbonyl (C=O) groups is 1. The van der Waals surface area contributed by atoms with Gasteiger partial charge in [-0.3, -0.25) is 4.79 Å². The van der Waals surface area contributed by atoms with Crippen molar-refractivity contribution >= 4 is 5.91 Å². The number of hydrogen-bond acceptors (Lipinski definition) is 4.